The van der Waals surface area contributed by atoms with Gasteiger partial charge in [0.15, 0.2) is 0 Å². The first-order valence-corrected chi connectivity index (χ1v) is 7.86. The highest BCUT2D eigenvalue weighted by Crippen LogP contribution is 1.97. The molecule has 0 unspecified atom stereocenters. The smallest absolute Gasteiger partial charge is 0.317 e. The molecule has 13 nitrogen and oxygen atoms in total. The van der Waals surface area contributed by atoms with Gasteiger partial charge >= 0.3 is 23.9 Å². The number of aliphatic hydroxyl groups is 1. The van der Waals surface area contributed by atoms with E-state index in [4.69, 9.17) is 30.3 Å². The van der Waals surface area contributed by atoms with Crippen molar-refractivity contribution in [3.05, 3.63) is 0 Å². The summed E-state index contributed by atoms with van der Waals surface area (Å²) in [5.74, 6) is -4.70. The van der Waals surface area contributed by atoms with E-state index < -0.39 is 50.3 Å². The molecule has 0 aromatic carbocycles. The lowest BCUT2D eigenvalue weighted by Gasteiger charge is -2.27. The van der Waals surface area contributed by atoms with Gasteiger partial charge in [-0.3, -0.25) is 33.9 Å². The lowest BCUT2D eigenvalue weighted by atomic mass is 10.3. The Bertz CT molecular complexity index is 486. The SMILES string of the molecule is O=C(O)CN(CCN(COCO)CC(=O)O)CCN(CC(=O)O)CC(=O)O. The van der Waals surface area contributed by atoms with Crippen LogP contribution < -0.4 is 0 Å². The van der Waals surface area contributed by atoms with Crippen LogP contribution in [0.3, 0.4) is 0 Å². The molecule has 0 rings (SSSR count). The van der Waals surface area contributed by atoms with E-state index in [0.717, 1.165) is 4.90 Å². The van der Waals surface area contributed by atoms with Crippen molar-refractivity contribution in [3.8, 4) is 0 Å². The molecule has 0 aromatic heterocycles. The fourth-order valence-corrected chi connectivity index (χ4v) is 2.17. The average molecular weight is 395 g/mol. The molecular formula is C14H25N3O10. The Morgan fingerprint density at radius 2 is 0.926 bits per heavy atom. The lowest BCUT2D eigenvalue weighted by molar-refractivity contribution is -0.143. The van der Waals surface area contributed by atoms with Crippen molar-refractivity contribution in [3.63, 3.8) is 0 Å². The van der Waals surface area contributed by atoms with Gasteiger partial charge < -0.3 is 30.3 Å². The third-order valence-electron chi connectivity index (χ3n) is 3.27. The number of ether oxygens (including phenoxy) is 1. The van der Waals surface area contributed by atoms with E-state index in [1.54, 1.807) is 0 Å². The molecule has 27 heavy (non-hydrogen) atoms. The molecule has 0 amide bonds. The van der Waals surface area contributed by atoms with Crippen LogP contribution in [0, 0.1) is 0 Å². The van der Waals surface area contributed by atoms with E-state index in [0.29, 0.717) is 0 Å². The third-order valence-corrected chi connectivity index (χ3v) is 3.27. The number of nitrogens with zero attached hydrogens (tertiary/aromatic N) is 3. The molecule has 0 heterocycles. The van der Waals surface area contributed by atoms with Crippen molar-refractivity contribution < 1.29 is 49.4 Å². The number of carboxylic acid groups (broad SMARTS) is 4. The largest absolute Gasteiger partial charge is 0.480 e. The molecule has 0 aromatic rings. The highest BCUT2D eigenvalue weighted by molar-refractivity contribution is 5.72. The molecule has 0 saturated heterocycles. The maximum Gasteiger partial charge on any atom is 0.317 e. The molecular weight excluding hydrogens is 370 g/mol. The van der Waals surface area contributed by atoms with Crippen LogP contribution in [0.1, 0.15) is 0 Å². The van der Waals surface area contributed by atoms with Crippen LogP contribution in [0.25, 0.3) is 0 Å². The van der Waals surface area contributed by atoms with Crippen LogP contribution in [0.15, 0.2) is 0 Å². The molecule has 13 heteroatoms. The van der Waals surface area contributed by atoms with Crippen LogP contribution in [0.5, 0.6) is 0 Å². The summed E-state index contributed by atoms with van der Waals surface area (Å²) in [5, 5.41) is 44.1. The van der Waals surface area contributed by atoms with Gasteiger partial charge in [-0.2, -0.15) is 0 Å². The summed E-state index contributed by atoms with van der Waals surface area (Å²) < 4.78 is 4.74. The number of carbonyl (C=O) groups is 4. The van der Waals surface area contributed by atoms with Gasteiger partial charge in [0.2, 0.25) is 0 Å². The maximum atomic E-state index is 11.0. The van der Waals surface area contributed by atoms with Crippen molar-refractivity contribution in [2.24, 2.45) is 0 Å². The molecule has 0 fully saturated rings. The number of aliphatic hydroxyl groups excluding tert-OH is 1. The summed E-state index contributed by atoms with van der Waals surface area (Å²) in [7, 11) is 0. The Morgan fingerprint density at radius 1 is 0.593 bits per heavy atom. The summed E-state index contributed by atoms with van der Waals surface area (Å²) >= 11 is 0. The lowest BCUT2D eigenvalue weighted by Crippen LogP contribution is -2.45. The second kappa shape index (κ2) is 13.8. The van der Waals surface area contributed by atoms with Crippen molar-refractivity contribution in [2.75, 3.05) is 65.9 Å². The number of hydrogen-bond acceptors (Lipinski definition) is 9. The minimum atomic E-state index is -1.21. The number of hydrogen-bond donors (Lipinski definition) is 5. The second-order valence-electron chi connectivity index (χ2n) is 5.58. The first-order valence-electron chi connectivity index (χ1n) is 7.86. The fourth-order valence-electron chi connectivity index (χ4n) is 2.17. The summed E-state index contributed by atoms with van der Waals surface area (Å²) in [6.07, 6.45) is 0. The van der Waals surface area contributed by atoms with E-state index in [1.165, 1.54) is 9.80 Å². The van der Waals surface area contributed by atoms with E-state index in [-0.39, 0.29) is 39.5 Å². The molecule has 0 aliphatic carbocycles. The Labute approximate surface area is 154 Å². The van der Waals surface area contributed by atoms with Crippen LogP contribution >= 0.6 is 0 Å². The Morgan fingerprint density at radius 3 is 1.33 bits per heavy atom. The molecule has 5 N–H and O–H groups in total. The summed E-state index contributed by atoms with van der Waals surface area (Å²) in [6, 6.07) is 0. The van der Waals surface area contributed by atoms with Crippen molar-refractivity contribution in [1.29, 1.82) is 0 Å². The number of aliphatic carboxylic acids is 4. The first kappa shape index (κ1) is 24.7. The molecule has 0 spiro atoms. The Hall–Kier alpha value is -2.32. The molecule has 0 radical (unpaired) electrons. The van der Waals surface area contributed by atoms with E-state index in [1.807, 2.05) is 0 Å². The maximum absolute atomic E-state index is 11.0. The molecule has 156 valence electrons. The average Bonchev–Trinajstić information content (AvgIpc) is 2.52. The zero-order valence-corrected chi connectivity index (χ0v) is 14.7. The predicted molar refractivity (Wildman–Crippen MR) is 88.0 cm³/mol. The molecule has 0 bridgehead atoms. The number of carboxylic acids is 4. The van der Waals surface area contributed by atoms with Crippen molar-refractivity contribution in [1.82, 2.24) is 14.7 Å². The molecule has 0 saturated carbocycles. The predicted octanol–water partition coefficient (Wildman–Crippen LogP) is -2.85. The minimum Gasteiger partial charge on any atom is -0.480 e. The molecule has 0 atom stereocenters. The zero-order valence-electron chi connectivity index (χ0n) is 14.7. The van der Waals surface area contributed by atoms with E-state index >= 15 is 0 Å². The highest BCUT2D eigenvalue weighted by atomic mass is 16.6. The topological polar surface area (TPSA) is 188 Å². The normalized spacial score (nSPS) is 11.3. The number of rotatable bonds is 17. The van der Waals surface area contributed by atoms with Gasteiger partial charge in [0.25, 0.3) is 0 Å². The Kier molecular flexibility index (Phi) is 12.6. The zero-order chi connectivity index (χ0) is 20.8. The van der Waals surface area contributed by atoms with Gasteiger partial charge in [-0.1, -0.05) is 0 Å². The van der Waals surface area contributed by atoms with Gasteiger partial charge in [0.1, 0.15) is 13.5 Å². The summed E-state index contributed by atoms with van der Waals surface area (Å²) in [4.78, 5) is 47.3. The van der Waals surface area contributed by atoms with E-state index in [9.17, 15) is 19.2 Å². The van der Waals surface area contributed by atoms with Crippen LogP contribution in [-0.2, 0) is 23.9 Å². The summed E-state index contributed by atoms with van der Waals surface area (Å²) in [5.41, 5.74) is 0. The molecule has 0 aliphatic rings. The first-order chi connectivity index (χ1) is 12.6. The van der Waals surface area contributed by atoms with E-state index in [2.05, 4.69) is 0 Å². The van der Waals surface area contributed by atoms with Gasteiger partial charge in [-0.05, 0) is 0 Å². The minimum absolute atomic E-state index is 0.00203. The van der Waals surface area contributed by atoms with Gasteiger partial charge in [0, 0.05) is 26.2 Å². The van der Waals surface area contributed by atoms with Crippen LogP contribution in [-0.4, -0.2) is 130 Å². The monoisotopic (exact) mass is 395 g/mol. The Balaban J connectivity index is 4.77. The molecule has 0 aliphatic heterocycles. The van der Waals surface area contributed by atoms with Gasteiger partial charge in [0.05, 0.1) is 26.2 Å². The fraction of sp³-hybridized carbons (Fsp3) is 0.714. The van der Waals surface area contributed by atoms with Gasteiger partial charge in [-0.15, -0.1) is 0 Å². The quantitative estimate of drug-likeness (QED) is 0.158. The highest BCUT2D eigenvalue weighted by Gasteiger charge is 2.18. The summed E-state index contributed by atoms with van der Waals surface area (Å²) in [6.45, 7) is -2.29. The second-order valence-corrected chi connectivity index (χ2v) is 5.58. The van der Waals surface area contributed by atoms with Crippen LogP contribution in [0.2, 0.25) is 0 Å². The van der Waals surface area contributed by atoms with Gasteiger partial charge in [-0.25, -0.2) is 0 Å². The van der Waals surface area contributed by atoms with Crippen molar-refractivity contribution >= 4 is 23.9 Å². The van der Waals surface area contributed by atoms with Crippen LogP contribution in [0.4, 0.5) is 0 Å². The third kappa shape index (κ3) is 14.5. The standard InChI is InChI=1S/C14H25N3O10/c18-10-27-9-17(8-14(25)26)4-2-15(5-11(19)20)1-3-16(6-12(21)22)7-13(23)24/h18H,1-10H2,(H,19,20)(H,21,22)(H,23,24)(H,25,26). The van der Waals surface area contributed by atoms with Crippen molar-refractivity contribution in [2.45, 2.75) is 0 Å².